The molecule has 3 amide bonds. The van der Waals surface area contributed by atoms with Gasteiger partial charge in [0.05, 0.1) is 12.4 Å². The molecule has 3 aromatic rings. The Morgan fingerprint density at radius 3 is 2.41 bits per heavy atom. The minimum Gasteiger partial charge on any atom is -0.480 e. The van der Waals surface area contributed by atoms with E-state index in [9.17, 15) is 24.3 Å². The number of H-pyrrole nitrogens is 2. The molecule has 4 unspecified atom stereocenters. The summed E-state index contributed by atoms with van der Waals surface area (Å²) >= 11 is 0. The Balaban J connectivity index is 1.60. The first-order valence-electron chi connectivity index (χ1n) is 12.8. The van der Waals surface area contributed by atoms with E-state index in [-0.39, 0.29) is 19.3 Å². The van der Waals surface area contributed by atoms with Crippen LogP contribution >= 0.6 is 0 Å². The van der Waals surface area contributed by atoms with Gasteiger partial charge in [0.25, 0.3) is 0 Å². The summed E-state index contributed by atoms with van der Waals surface area (Å²) in [5.74, 6) is -2.98. The van der Waals surface area contributed by atoms with Crippen molar-refractivity contribution in [3.63, 3.8) is 0 Å². The van der Waals surface area contributed by atoms with Gasteiger partial charge in [-0.25, -0.2) is 9.78 Å². The molecule has 0 aliphatic rings. The predicted octanol–water partition coefficient (Wildman–Crippen LogP) is -0.309. The monoisotopic (exact) mass is 540 g/mol. The average Bonchev–Trinajstić information content (AvgIpc) is 3.57. The number of aliphatic carboxylic acids is 1. The van der Waals surface area contributed by atoms with Crippen molar-refractivity contribution in [2.24, 2.45) is 11.5 Å². The van der Waals surface area contributed by atoms with Crippen LogP contribution in [0.3, 0.4) is 0 Å². The molecule has 1 aromatic carbocycles. The summed E-state index contributed by atoms with van der Waals surface area (Å²) < 4.78 is 0. The number of aromatic nitrogens is 3. The van der Waals surface area contributed by atoms with Crippen LogP contribution < -0.4 is 27.4 Å². The van der Waals surface area contributed by atoms with E-state index < -0.39 is 47.9 Å². The number of unbranched alkanes of at least 4 members (excludes halogenated alkanes) is 1. The summed E-state index contributed by atoms with van der Waals surface area (Å²) in [5, 5.41) is 18.3. The quantitative estimate of drug-likeness (QED) is 0.119. The number of carbonyl (C=O) groups is 4. The highest BCUT2D eigenvalue weighted by Gasteiger charge is 2.28. The Bertz CT molecular complexity index is 1260. The van der Waals surface area contributed by atoms with E-state index in [2.05, 4.69) is 30.9 Å². The molecule has 39 heavy (non-hydrogen) atoms. The van der Waals surface area contributed by atoms with E-state index in [1.54, 1.807) is 12.4 Å². The maximum Gasteiger partial charge on any atom is 0.326 e. The third-order valence-electron chi connectivity index (χ3n) is 6.38. The van der Waals surface area contributed by atoms with Crippen LogP contribution in [0, 0.1) is 0 Å². The molecule has 0 bridgehead atoms. The molecule has 4 atom stereocenters. The molecule has 0 radical (unpaired) electrons. The molecule has 210 valence electrons. The summed E-state index contributed by atoms with van der Waals surface area (Å²) in [6.07, 6.45) is 6.50. The minimum atomic E-state index is -1.21. The van der Waals surface area contributed by atoms with Crippen molar-refractivity contribution >= 4 is 34.6 Å². The second-order valence-corrected chi connectivity index (χ2v) is 9.43. The fourth-order valence-electron chi connectivity index (χ4n) is 4.16. The highest BCUT2D eigenvalue weighted by atomic mass is 16.4. The second-order valence-electron chi connectivity index (χ2n) is 9.43. The van der Waals surface area contributed by atoms with Gasteiger partial charge < -0.3 is 42.5 Å². The van der Waals surface area contributed by atoms with Gasteiger partial charge in [0.1, 0.15) is 18.1 Å². The van der Waals surface area contributed by atoms with E-state index in [4.69, 9.17) is 11.5 Å². The first-order valence-corrected chi connectivity index (χ1v) is 12.8. The summed E-state index contributed by atoms with van der Waals surface area (Å²) in [5.41, 5.74) is 13.8. The molecular formula is C26H36N8O5. The number of amides is 3. The largest absolute Gasteiger partial charge is 0.480 e. The van der Waals surface area contributed by atoms with Gasteiger partial charge in [-0.1, -0.05) is 18.2 Å². The van der Waals surface area contributed by atoms with Crippen LogP contribution in [0.1, 0.15) is 37.4 Å². The fourth-order valence-corrected chi connectivity index (χ4v) is 4.16. The van der Waals surface area contributed by atoms with Gasteiger partial charge in [-0.3, -0.25) is 14.4 Å². The van der Waals surface area contributed by atoms with Gasteiger partial charge in [0.15, 0.2) is 0 Å². The van der Waals surface area contributed by atoms with Gasteiger partial charge in [-0.15, -0.1) is 0 Å². The zero-order valence-electron chi connectivity index (χ0n) is 21.8. The molecule has 0 aliphatic heterocycles. The van der Waals surface area contributed by atoms with Gasteiger partial charge in [0, 0.05) is 41.8 Å². The zero-order chi connectivity index (χ0) is 28.4. The standard InChI is InChI=1S/C26H36N8O5/c1-15(23(35)34-22(26(38)39)10-16-12-30-20-7-3-2-6-18(16)20)32-25(37)21(8-4-5-9-27)33-24(36)19(28)11-17-13-29-14-31-17/h2-3,6-7,12-15,19,21-22,30H,4-5,8-11,27-28H2,1H3,(H,29,31)(H,32,37)(H,33,36)(H,34,35)(H,38,39). The topological polar surface area (TPSA) is 221 Å². The summed E-state index contributed by atoms with van der Waals surface area (Å²) in [4.78, 5) is 60.3. The molecule has 13 heteroatoms. The third kappa shape index (κ3) is 8.38. The lowest BCUT2D eigenvalue weighted by Crippen LogP contribution is -2.56. The van der Waals surface area contributed by atoms with Crippen LogP contribution in [0.4, 0.5) is 0 Å². The Morgan fingerprint density at radius 2 is 1.72 bits per heavy atom. The molecular weight excluding hydrogens is 504 g/mol. The van der Waals surface area contributed by atoms with Crippen LogP contribution in [-0.4, -0.2) is 74.5 Å². The average molecular weight is 541 g/mol. The fraction of sp³-hybridized carbons (Fsp3) is 0.423. The number of carboxylic acid groups (broad SMARTS) is 1. The van der Waals surface area contributed by atoms with Gasteiger partial charge in [-0.05, 0) is 44.4 Å². The van der Waals surface area contributed by atoms with Crippen LogP contribution in [-0.2, 0) is 32.0 Å². The number of benzene rings is 1. The van der Waals surface area contributed by atoms with Gasteiger partial charge in [-0.2, -0.15) is 0 Å². The number of hydrogen-bond acceptors (Lipinski definition) is 7. The molecule has 10 N–H and O–H groups in total. The normalized spacial score (nSPS) is 14.2. The van der Waals surface area contributed by atoms with Crippen molar-refractivity contribution in [2.45, 2.75) is 63.2 Å². The SMILES string of the molecule is CC(NC(=O)C(CCCCN)NC(=O)C(N)Cc1cnc[nH]1)C(=O)NC(Cc1c[nH]c2ccccc12)C(=O)O. The molecule has 3 rings (SSSR count). The number of imidazole rings is 1. The number of para-hydroxylation sites is 1. The predicted molar refractivity (Wildman–Crippen MR) is 144 cm³/mol. The molecule has 0 saturated heterocycles. The number of fused-ring (bicyclic) bond motifs is 1. The molecule has 0 spiro atoms. The second kappa shape index (κ2) is 14.1. The number of rotatable bonds is 15. The number of nitrogens with one attached hydrogen (secondary N) is 5. The number of carboxylic acids is 1. The smallest absolute Gasteiger partial charge is 0.326 e. The van der Waals surface area contributed by atoms with Crippen molar-refractivity contribution in [1.29, 1.82) is 0 Å². The maximum absolute atomic E-state index is 13.0. The molecule has 0 fully saturated rings. The summed E-state index contributed by atoms with van der Waals surface area (Å²) in [6.45, 7) is 1.87. The van der Waals surface area contributed by atoms with Crippen molar-refractivity contribution in [3.05, 3.63) is 54.2 Å². The number of hydrogen-bond donors (Lipinski definition) is 8. The first-order chi connectivity index (χ1) is 18.7. The Labute approximate surface area is 225 Å². The van der Waals surface area contributed by atoms with Crippen molar-refractivity contribution in [3.8, 4) is 0 Å². The summed E-state index contributed by atoms with van der Waals surface area (Å²) in [7, 11) is 0. The lowest BCUT2D eigenvalue weighted by Gasteiger charge is -2.23. The van der Waals surface area contributed by atoms with E-state index in [1.165, 1.54) is 13.3 Å². The minimum absolute atomic E-state index is 0.0533. The highest BCUT2D eigenvalue weighted by molar-refractivity contribution is 5.94. The van der Waals surface area contributed by atoms with E-state index in [0.717, 1.165) is 16.5 Å². The molecule has 0 aliphatic carbocycles. The lowest BCUT2D eigenvalue weighted by atomic mass is 10.0. The van der Waals surface area contributed by atoms with Crippen LogP contribution in [0.2, 0.25) is 0 Å². The van der Waals surface area contributed by atoms with E-state index in [1.807, 2.05) is 24.3 Å². The van der Waals surface area contributed by atoms with Gasteiger partial charge >= 0.3 is 5.97 Å². The Morgan fingerprint density at radius 1 is 0.974 bits per heavy atom. The zero-order valence-corrected chi connectivity index (χ0v) is 21.8. The van der Waals surface area contributed by atoms with Crippen molar-refractivity contribution < 1.29 is 24.3 Å². The van der Waals surface area contributed by atoms with Crippen LogP contribution in [0.25, 0.3) is 10.9 Å². The number of carbonyl (C=O) groups excluding carboxylic acids is 3. The van der Waals surface area contributed by atoms with Gasteiger partial charge in [0.2, 0.25) is 17.7 Å². The third-order valence-corrected chi connectivity index (χ3v) is 6.38. The summed E-state index contributed by atoms with van der Waals surface area (Å²) in [6, 6.07) is 3.31. The molecule has 13 nitrogen and oxygen atoms in total. The maximum atomic E-state index is 13.0. The Hall–Kier alpha value is -4.23. The van der Waals surface area contributed by atoms with Crippen LogP contribution in [0.15, 0.2) is 43.0 Å². The van der Waals surface area contributed by atoms with Crippen LogP contribution in [0.5, 0.6) is 0 Å². The van der Waals surface area contributed by atoms with E-state index in [0.29, 0.717) is 25.1 Å². The van der Waals surface area contributed by atoms with E-state index >= 15 is 0 Å². The first kappa shape index (κ1) is 29.3. The number of nitrogens with two attached hydrogens (primary N) is 2. The lowest BCUT2D eigenvalue weighted by molar-refractivity contribution is -0.142. The Kier molecular flexibility index (Phi) is 10.6. The molecule has 0 saturated carbocycles. The molecule has 2 heterocycles. The number of nitrogens with zero attached hydrogens (tertiary/aromatic N) is 1. The number of aromatic amines is 2. The molecule has 2 aromatic heterocycles. The van der Waals surface area contributed by atoms with Crippen molar-refractivity contribution in [2.75, 3.05) is 6.54 Å². The van der Waals surface area contributed by atoms with Crippen molar-refractivity contribution in [1.82, 2.24) is 30.9 Å². The highest BCUT2D eigenvalue weighted by Crippen LogP contribution is 2.19.